The molecule has 0 aliphatic heterocycles. The summed E-state index contributed by atoms with van der Waals surface area (Å²) in [6.45, 7) is 3.71. The van der Waals surface area contributed by atoms with Crippen LogP contribution < -0.4 is 11.1 Å². The van der Waals surface area contributed by atoms with Crippen LogP contribution in [-0.4, -0.2) is 44.1 Å². The van der Waals surface area contributed by atoms with Gasteiger partial charge in [-0.3, -0.25) is 14.7 Å². The van der Waals surface area contributed by atoms with Gasteiger partial charge < -0.3 is 16.2 Å². The van der Waals surface area contributed by atoms with Crippen molar-refractivity contribution < 1.29 is 19.5 Å². The molecule has 9 nitrogen and oxygen atoms in total. The molecule has 1 aromatic heterocycles. The highest BCUT2D eigenvalue weighted by Gasteiger charge is 2.24. The molecule has 0 radical (unpaired) electrons. The molecule has 9 heteroatoms. The number of hydrogen-bond acceptors (Lipinski definition) is 5. The number of nitrogens with two attached hydrogens (primary N) is 1. The van der Waals surface area contributed by atoms with E-state index in [0.29, 0.717) is 5.82 Å². The van der Waals surface area contributed by atoms with Crippen LogP contribution in [0.15, 0.2) is 0 Å². The molecule has 0 saturated carbocycles. The summed E-state index contributed by atoms with van der Waals surface area (Å²) in [4.78, 5) is 37.2. The molecule has 1 atom stereocenters. The molecule has 104 valence electrons. The first-order chi connectivity index (χ1) is 8.81. The van der Waals surface area contributed by atoms with Crippen molar-refractivity contribution in [2.75, 3.05) is 0 Å². The number of aromatic nitrogens is 3. The Kier molecular flexibility index (Phi) is 4.56. The van der Waals surface area contributed by atoms with Crippen LogP contribution in [0.3, 0.4) is 0 Å². The van der Waals surface area contributed by atoms with Crippen LogP contribution in [0.4, 0.5) is 0 Å². The molecule has 0 aromatic carbocycles. The van der Waals surface area contributed by atoms with Crippen molar-refractivity contribution >= 4 is 17.8 Å². The lowest BCUT2D eigenvalue weighted by Crippen LogP contribution is -2.43. The van der Waals surface area contributed by atoms with E-state index in [1.54, 1.807) is 0 Å². The first-order valence-electron chi connectivity index (χ1n) is 5.55. The Morgan fingerprint density at radius 2 is 2.05 bits per heavy atom. The number of amides is 2. The molecule has 5 N–H and O–H groups in total. The van der Waals surface area contributed by atoms with Gasteiger partial charge in [0.05, 0.1) is 6.42 Å². The number of nitrogens with zero attached hydrogens (tertiary/aromatic N) is 2. The van der Waals surface area contributed by atoms with Crippen LogP contribution in [-0.2, 0) is 9.59 Å². The summed E-state index contributed by atoms with van der Waals surface area (Å²) in [6.07, 6.45) is -0.497. The van der Waals surface area contributed by atoms with Gasteiger partial charge in [-0.05, 0) is 0 Å². The zero-order valence-electron chi connectivity index (χ0n) is 10.5. The summed E-state index contributed by atoms with van der Waals surface area (Å²) in [6, 6.07) is -1.40. The van der Waals surface area contributed by atoms with E-state index in [4.69, 9.17) is 10.8 Å². The van der Waals surface area contributed by atoms with Crippen molar-refractivity contribution in [1.29, 1.82) is 0 Å². The minimum absolute atomic E-state index is 0.0509. The predicted molar refractivity (Wildman–Crippen MR) is 63.2 cm³/mol. The normalized spacial score (nSPS) is 12.2. The Hall–Kier alpha value is -2.45. The molecule has 0 spiro atoms. The smallest absolute Gasteiger partial charge is 0.326 e. The lowest BCUT2D eigenvalue weighted by Gasteiger charge is -2.10. The van der Waals surface area contributed by atoms with Crippen molar-refractivity contribution in [1.82, 2.24) is 20.5 Å². The van der Waals surface area contributed by atoms with Crippen LogP contribution in [0.5, 0.6) is 0 Å². The standard InChI is InChI=1S/C10H15N5O4/c1-4(2)7-13-8(15-14-7)9(17)12-5(10(18)19)3-6(11)16/h4-5H,3H2,1-2H3,(H2,11,16)(H,12,17)(H,18,19)(H,13,14,15)/t5-/m1/s1. The monoisotopic (exact) mass is 269 g/mol. The number of primary amides is 1. The Morgan fingerprint density at radius 1 is 1.42 bits per heavy atom. The maximum Gasteiger partial charge on any atom is 0.326 e. The van der Waals surface area contributed by atoms with E-state index in [1.165, 1.54) is 0 Å². The molecule has 0 saturated heterocycles. The highest BCUT2D eigenvalue weighted by molar-refractivity contribution is 5.94. The number of carboxylic acids is 1. The third-order valence-corrected chi connectivity index (χ3v) is 2.26. The van der Waals surface area contributed by atoms with Crippen molar-refractivity contribution in [2.45, 2.75) is 32.2 Å². The van der Waals surface area contributed by atoms with Gasteiger partial charge in [-0.15, -0.1) is 5.10 Å². The lowest BCUT2D eigenvalue weighted by atomic mass is 10.2. The molecular formula is C10H15N5O4. The number of hydrogen-bond donors (Lipinski definition) is 4. The second kappa shape index (κ2) is 5.94. The quantitative estimate of drug-likeness (QED) is 0.519. The first-order valence-corrected chi connectivity index (χ1v) is 5.55. The van der Waals surface area contributed by atoms with Gasteiger partial charge in [0.2, 0.25) is 11.7 Å². The summed E-state index contributed by atoms with van der Waals surface area (Å²) in [5, 5.41) is 17.2. The van der Waals surface area contributed by atoms with E-state index in [0.717, 1.165) is 0 Å². The summed E-state index contributed by atoms with van der Waals surface area (Å²) < 4.78 is 0. The topological polar surface area (TPSA) is 151 Å². The van der Waals surface area contributed by atoms with E-state index in [1.807, 2.05) is 13.8 Å². The Labute approximate surface area is 108 Å². The number of aliphatic carboxylic acids is 1. The summed E-state index contributed by atoms with van der Waals surface area (Å²) in [7, 11) is 0. The van der Waals surface area contributed by atoms with E-state index >= 15 is 0 Å². The van der Waals surface area contributed by atoms with E-state index in [9.17, 15) is 14.4 Å². The van der Waals surface area contributed by atoms with Crippen LogP contribution in [0.2, 0.25) is 0 Å². The maximum atomic E-state index is 11.7. The predicted octanol–water partition coefficient (Wildman–Crippen LogP) is -1.01. The zero-order valence-corrected chi connectivity index (χ0v) is 10.5. The number of carbonyl (C=O) groups excluding carboxylic acids is 2. The number of carboxylic acid groups (broad SMARTS) is 1. The fourth-order valence-electron chi connectivity index (χ4n) is 1.26. The zero-order chi connectivity index (χ0) is 14.6. The second-order valence-electron chi connectivity index (χ2n) is 4.23. The van der Waals surface area contributed by atoms with Gasteiger partial charge in [0, 0.05) is 5.92 Å². The number of H-pyrrole nitrogens is 1. The van der Waals surface area contributed by atoms with Crippen molar-refractivity contribution in [3.63, 3.8) is 0 Å². The van der Waals surface area contributed by atoms with E-state index in [-0.39, 0.29) is 11.7 Å². The van der Waals surface area contributed by atoms with Gasteiger partial charge in [0.1, 0.15) is 11.9 Å². The van der Waals surface area contributed by atoms with Crippen LogP contribution >= 0.6 is 0 Å². The average Bonchev–Trinajstić information content (AvgIpc) is 2.76. The molecule has 0 fully saturated rings. The van der Waals surface area contributed by atoms with E-state index in [2.05, 4.69) is 20.5 Å². The van der Waals surface area contributed by atoms with Gasteiger partial charge in [0.25, 0.3) is 5.91 Å². The Morgan fingerprint density at radius 3 is 2.47 bits per heavy atom. The SMILES string of the molecule is CC(C)c1nc(C(=O)N[C@H](CC(N)=O)C(=O)O)n[nH]1. The summed E-state index contributed by atoms with van der Waals surface area (Å²) >= 11 is 0. The van der Waals surface area contributed by atoms with Crippen molar-refractivity contribution in [3.8, 4) is 0 Å². The highest BCUT2D eigenvalue weighted by atomic mass is 16.4. The van der Waals surface area contributed by atoms with Gasteiger partial charge in [-0.1, -0.05) is 13.8 Å². The number of aromatic amines is 1. The van der Waals surface area contributed by atoms with Gasteiger partial charge in [0.15, 0.2) is 0 Å². The maximum absolute atomic E-state index is 11.7. The van der Waals surface area contributed by atoms with Crippen LogP contribution in [0.25, 0.3) is 0 Å². The molecular weight excluding hydrogens is 254 g/mol. The highest BCUT2D eigenvalue weighted by Crippen LogP contribution is 2.07. The molecule has 0 unspecified atom stereocenters. The molecule has 0 aliphatic carbocycles. The number of nitrogens with one attached hydrogen (secondary N) is 2. The third-order valence-electron chi connectivity index (χ3n) is 2.26. The minimum Gasteiger partial charge on any atom is -0.480 e. The summed E-state index contributed by atoms with van der Waals surface area (Å²) in [5.41, 5.74) is 4.90. The number of carbonyl (C=O) groups is 3. The average molecular weight is 269 g/mol. The molecule has 0 aliphatic rings. The lowest BCUT2D eigenvalue weighted by molar-refractivity contribution is -0.140. The molecule has 1 rings (SSSR count). The minimum atomic E-state index is -1.40. The van der Waals surface area contributed by atoms with Gasteiger partial charge in [-0.25, -0.2) is 9.78 Å². The first kappa shape index (κ1) is 14.6. The van der Waals surface area contributed by atoms with Crippen molar-refractivity contribution in [3.05, 3.63) is 11.6 Å². The van der Waals surface area contributed by atoms with Crippen molar-refractivity contribution in [2.24, 2.45) is 5.73 Å². The molecule has 19 heavy (non-hydrogen) atoms. The third kappa shape index (κ3) is 4.05. The fourth-order valence-corrected chi connectivity index (χ4v) is 1.26. The Bertz CT molecular complexity index is 496. The van der Waals surface area contributed by atoms with Crippen LogP contribution in [0.1, 0.15) is 42.6 Å². The van der Waals surface area contributed by atoms with Gasteiger partial charge >= 0.3 is 5.97 Å². The molecule has 1 aromatic rings. The summed E-state index contributed by atoms with van der Waals surface area (Å²) in [5.74, 6) is -2.59. The van der Waals surface area contributed by atoms with Gasteiger partial charge in [-0.2, -0.15) is 0 Å². The Balaban J connectivity index is 2.75. The molecule has 2 amide bonds. The molecule has 1 heterocycles. The van der Waals surface area contributed by atoms with E-state index < -0.39 is 30.2 Å². The number of rotatable bonds is 6. The van der Waals surface area contributed by atoms with Crippen LogP contribution in [0, 0.1) is 0 Å². The molecule has 0 bridgehead atoms. The largest absolute Gasteiger partial charge is 0.480 e. The second-order valence-corrected chi connectivity index (χ2v) is 4.23. The fraction of sp³-hybridized carbons (Fsp3) is 0.500.